The van der Waals surface area contributed by atoms with Gasteiger partial charge in [0.25, 0.3) is 11.8 Å². The number of aryl methyl sites for hydroxylation is 1. The number of carbonyl (C=O) groups excluding carboxylic acids is 4. The quantitative estimate of drug-likeness (QED) is 0.334. The zero-order valence-corrected chi connectivity index (χ0v) is 15.6. The first-order valence-corrected chi connectivity index (χ1v) is 8.76. The molecule has 0 aliphatic carbocycles. The number of imide groups is 1. The Morgan fingerprint density at radius 2 is 1.64 bits per heavy atom. The van der Waals surface area contributed by atoms with Gasteiger partial charge in [0.1, 0.15) is 0 Å². The van der Waals surface area contributed by atoms with Gasteiger partial charge in [0.05, 0.1) is 16.7 Å². The predicted octanol–water partition coefficient (Wildman–Crippen LogP) is 3.21. The average Bonchev–Trinajstić information content (AvgIpc) is 2.92. The van der Waals surface area contributed by atoms with Gasteiger partial charge in [-0.25, -0.2) is 4.79 Å². The van der Waals surface area contributed by atoms with Gasteiger partial charge in [-0.05, 0) is 32.0 Å². The number of rotatable bonds is 6. The van der Waals surface area contributed by atoms with Crippen molar-refractivity contribution < 1.29 is 23.9 Å². The van der Waals surface area contributed by atoms with Crippen molar-refractivity contribution in [1.29, 1.82) is 0 Å². The summed E-state index contributed by atoms with van der Waals surface area (Å²) in [5.74, 6) is -1.97. The number of hydrogen-bond donors (Lipinski definition) is 0. The lowest BCUT2D eigenvalue weighted by Gasteiger charge is -2.13. The van der Waals surface area contributed by atoms with Crippen molar-refractivity contribution in [2.45, 2.75) is 20.0 Å². The van der Waals surface area contributed by atoms with Gasteiger partial charge >= 0.3 is 5.97 Å². The maximum Gasteiger partial charge on any atom is 0.338 e. The summed E-state index contributed by atoms with van der Waals surface area (Å²) in [6.07, 6.45) is 0.466. The fraction of sp³-hybridized carbons (Fsp3) is 0.182. The normalized spacial score (nSPS) is 13.9. The van der Waals surface area contributed by atoms with E-state index in [0.717, 1.165) is 10.5 Å². The van der Waals surface area contributed by atoms with Gasteiger partial charge < -0.3 is 4.74 Å². The first-order valence-electron chi connectivity index (χ1n) is 8.76. The number of amides is 2. The first kappa shape index (κ1) is 19.2. The number of hydrogen-bond acceptors (Lipinski definition) is 5. The Hall–Kier alpha value is -3.54. The molecule has 1 aliphatic heterocycles. The molecule has 0 N–H and O–H groups in total. The monoisotopic (exact) mass is 377 g/mol. The Morgan fingerprint density at radius 1 is 1.04 bits per heavy atom. The molecule has 142 valence electrons. The summed E-state index contributed by atoms with van der Waals surface area (Å²) < 4.78 is 5.26. The zero-order chi connectivity index (χ0) is 20.4. The Labute approximate surface area is 162 Å². The van der Waals surface area contributed by atoms with E-state index in [2.05, 4.69) is 6.58 Å². The minimum Gasteiger partial charge on any atom is -0.451 e. The molecule has 0 aromatic heterocycles. The van der Waals surface area contributed by atoms with Gasteiger partial charge in [-0.15, -0.1) is 6.58 Å². The molecule has 0 radical (unpaired) electrons. The van der Waals surface area contributed by atoms with Crippen LogP contribution >= 0.6 is 0 Å². The van der Waals surface area contributed by atoms with Crippen LogP contribution < -0.4 is 0 Å². The highest BCUT2D eigenvalue weighted by Gasteiger charge is 2.35. The second kappa shape index (κ2) is 7.60. The van der Waals surface area contributed by atoms with E-state index in [4.69, 9.17) is 4.74 Å². The summed E-state index contributed by atoms with van der Waals surface area (Å²) in [4.78, 5) is 50.5. The van der Waals surface area contributed by atoms with Gasteiger partial charge in [0.2, 0.25) is 5.78 Å². The number of ketones is 1. The van der Waals surface area contributed by atoms with Crippen molar-refractivity contribution in [2.75, 3.05) is 6.54 Å². The van der Waals surface area contributed by atoms with Crippen molar-refractivity contribution in [2.24, 2.45) is 0 Å². The fourth-order valence-corrected chi connectivity index (χ4v) is 2.95. The predicted molar refractivity (Wildman–Crippen MR) is 102 cm³/mol. The van der Waals surface area contributed by atoms with Crippen LogP contribution in [0.5, 0.6) is 0 Å². The molecule has 6 heteroatoms. The maximum absolute atomic E-state index is 12.4. The number of esters is 1. The van der Waals surface area contributed by atoms with Crippen molar-refractivity contribution in [3.8, 4) is 0 Å². The van der Waals surface area contributed by atoms with Crippen LogP contribution in [0.4, 0.5) is 0 Å². The molecule has 0 bridgehead atoms. The van der Waals surface area contributed by atoms with Crippen LogP contribution in [0.2, 0.25) is 0 Å². The molecule has 0 spiro atoms. The highest BCUT2D eigenvalue weighted by atomic mass is 16.5. The third kappa shape index (κ3) is 3.49. The second-order valence-electron chi connectivity index (χ2n) is 6.55. The van der Waals surface area contributed by atoms with Crippen molar-refractivity contribution >= 4 is 23.6 Å². The van der Waals surface area contributed by atoms with E-state index in [1.807, 2.05) is 6.92 Å². The van der Waals surface area contributed by atoms with Gasteiger partial charge in [-0.3, -0.25) is 19.3 Å². The van der Waals surface area contributed by atoms with Gasteiger partial charge in [-0.1, -0.05) is 35.9 Å². The van der Waals surface area contributed by atoms with E-state index in [1.165, 1.54) is 31.2 Å². The molecule has 6 nitrogen and oxygen atoms in total. The van der Waals surface area contributed by atoms with Crippen LogP contribution in [0.25, 0.3) is 0 Å². The number of carbonyl (C=O) groups is 4. The molecule has 3 rings (SSSR count). The SMILES string of the molecule is C=CCN1C(=O)c2ccc(C(=O)O[C@@H](C)C(=O)c3ccc(C)cc3)cc2C1=O. The number of benzene rings is 2. The van der Waals surface area contributed by atoms with E-state index in [1.54, 1.807) is 24.3 Å². The van der Waals surface area contributed by atoms with Crippen molar-refractivity contribution in [1.82, 2.24) is 4.90 Å². The molecule has 2 amide bonds. The topological polar surface area (TPSA) is 80.8 Å². The first-order chi connectivity index (χ1) is 13.3. The Morgan fingerprint density at radius 3 is 2.29 bits per heavy atom. The maximum atomic E-state index is 12.4. The van der Waals surface area contributed by atoms with Crippen molar-refractivity contribution in [3.63, 3.8) is 0 Å². The Bertz CT molecular complexity index is 990. The number of fused-ring (bicyclic) bond motifs is 1. The van der Waals surface area contributed by atoms with Crippen LogP contribution in [0, 0.1) is 6.92 Å². The molecule has 0 fully saturated rings. The highest BCUT2D eigenvalue weighted by molar-refractivity contribution is 6.22. The number of nitrogens with zero attached hydrogens (tertiary/aromatic N) is 1. The fourth-order valence-electron chi connectivity index (χ4n) is 2.95. The van der Waals surface area contributed by atoms with Crippen LogP contribution in [0.1, 0.15) is 53.9 Å². The molecule has 1 aliphatic rings. The van der Waals surface area contributed by atoms with Crippen LogP contribution in [-0.4, -0.2) is 41.1 Å². The summed E-state index contributed by atoms with van der Waals surface area (Å²) in [6, 6.07) is 11.1. The smallest absolute Gasteiger partial charge is 0.338 e. The van der Waals surface area contributed by atoms with E-state index in [9.17, 15) is 19.2 Å². The standard InChI is InChI=1S/C22H19NO5/c1-4-11-23-20(25)17-10-9-16(12-18(17)21(23)26)22(27)28-14(3)19(24)15-7-5-13(2)6-8-15/h4-10,12,14H,1,11H2,2-3H3/t14-/m0/s1. The summed E-state index contributed by atoms with van der Waals surface area (Å²) in [5.41, 5.74) is 1.93. The molecule has 1 atom stereocenters. The van der Waals surface area contributed by atoms with Crippen LogP contribution in [0.15, 0.2) is 55.1 Å². The lowest BCUT2D eigenvalue weighted by Crippen LogP contribution is -2.29. The summed E-state index contributed by atoms with van der Waals surface area (Å²) in [7, 11) is 0. The van der Waals surface area contributed by atoms with E-state index >= 15 is 0 Å². The van der Waals surface area contributed by atoms with E-state index in [0.29, 0.717) is 5.56 Å². The zero-order valence-electron chi connectivity index (χ0n) is 15.6. The molecule has 28 heavy (non-hydrogen) atoms. The molecule has 0 unspecified atom stereocenters. The number of ether oxygens (including phenoxy) is 1. The van der Waals surface area contributed by atoms with E-state index < -0.39 is 23.9 Å². The molecule has 0 saturated heterocycles. The highest BCUT2D eigenvalue weighted by Crippen LogP contribution is 2.24. The van der Waals surface area contributed by atoms with Gasteiger partial charge in [0, 0.05) is 12.1 Å². The van der Waals surface area contributed by atoms with Gasteiger partial charge in [-0.2, -0.15) is 0 Å². The Kier molecular flexibility index (Phi) is 5.22. The minimum atomic E-state index is -0.988. The third-order valence-electron chi connectivity index (χ3n) is 4.51. The lowest BCUT2D eigenvalue weighted by molar-refractivity contribution is 0.0318. The average molecular weight is 377 g/mol. The summed E-state index contributed by atoms with van der Waals surface area (Å²) in [5, 5.41) is 0. The summed E-state index contributed by atoms with van der Waals surface area (Å²) >= 11 is 0. The second-order valence-corrected chi connectivity index (χ2v) is 6.55. The molecule has 2 aromatic carbocycles. The largest absolute Gasteiger partial charge is 0.451 e. The van der Waals surface area contributed by atoms with Gasteiger partial charge in [0.15, 0.2) is 6.10 Å². The van der Waals surface area contributed by atoms with E-state index in [-0.39, 0.29) is 29.0 Å². The number of Topliss-reactive ketones (excluding diaryl/α,β-unsaturated/α-hetero) is 1. The molecule has 1 heterocycles. The molecule has 2 aromatic rings. The molecular weight excluding hydrogens is 358 g/mol. The minimum absolute atomic E-state index is 0.0915. The van der Waals surface area contributed by atoms with Crippen LogP contribution in [-0.2, 0) is 4.74 Å². The van der Waals surface area contributed by atoms with Crippen LogP contribution in [0.3, 0.4) is 0 Å². The Balaban J connectivity index is 1.76. The molecular formula is C22H19NO5. The summed E-state index contributed by atoms with van der Waals surface area (Å²) in [6.45, 7) is 7.02. The molecule has 0 saturated carbocycles. The van der Waals surface area contributed by atoms with Crippen molar-refractivity contribution in [3.05, 3.63) is 82.9 Å². The lowest BCUT2D eigenvalue weighted by atomic mass is 10.0. The third-order valence-corrected chi connectivity index (χ3v) is 4.51.